The average Bonchev–Trinajstić information content (AvgIpc) is 2.86. The SMILES string of the molecule is O=P(O)(O)OC1(C2(CO)OC(CO)C(O)C2O)OC(CO)C(O)C(O)C1O. The van der Waals surface area contributed by atoms with Gasteiger partial charge in [-0.1, -0.05) is 0 Å². The van der Waals surface area contributed by atoms with Crippen LogP contribution in [0.25, 0.3) is 0 Å². The molecule has 0 aromatic carbocycles. The highest BCUT2D eigenvalue weighted by Gasteiger charge is 2.74. The van der Waals surface area contributed by atoms with Crippen molar-refractivity contribution in [3.05, 3.63) is 0 Å². The first kappa shape index (κ1) is 23.0. The molecule has 2 saturated heterocycles. The molecule has 9 unspecified atom stereocenters. The maximum absolute atomic E-state index is 11.5. The number of ether oxygens (including phenoxy) is 2. The molecule has 0 aliphatic carbocycles. The Labute approximate surface area is 152 Å². The van der Waals surface area contributed by atoms with E-state index in [2.05, 4.69) is 4.52 Å². The van der Waals surface area contributed by atoms with Gasteiger partial charge in [-0.2, -0.15) is 0 Å². The topological polar surface area (TPSA) is 247 Å². The second-order valence-corrected chi connectivity index (χ2v) is 7.50. The Hall–Kier alpha value is -0.290. The minimum absolute atomic E-state index is 0.920. The molecule has 0 aromatic heterocycles. The first-order chi connectivity index (χ1) is 12.4. The molecule has 2 heterocycles. The summed E-state index contributed by atoms with van der Waals surface area (Å²) >= 11 is 0. The number of hydrogen-bond acceptors (Lipinski definition) is 12. The molecule has 15 heteroatoms. The van der Waals surface area contributed by atoms with Gasteiger partial charge in [0.05, 0.1) is 19.8 Å². The highest BCUT2D eigenvalue weighted by molar-refractivity contribution is 7.46. The molecule has 0 saturated carbocycles. The van der Waals surface area contributed by atoms with E-state index in [-0.39, 0.29) is 0 Å². The van der Waals surface area contributed by atoms with E-state index in [1.165, 1.54) is 0 Å². The van der Waals surface area contributed by atoms with Crippen LogP contribution < -0.4 is 0 Å². The second-order valence-electron chi connectivity index (χ2n) is 6.34. The quantitative estimate of drug-likeness (QED) is 0.179. The standard InChI is InChI=1S/C12H23O14P/c13-1-4-6(16)8(18)10(20)12(25-4,26-27(21,22)23)11(3-15)9(19)7(17)5(2-14)24-11/h4-10,13-20H,1-3H2,(H2,21,22,23). The van der Waals surface area contributed by atoms with Crippen LogP contribution in [0.15, 0.2) is 0 Å². The molecular formula is C12H23O14P. The Morgan fingerprint density at radius 3 is 1.74 bits per heavy atom. The second kappa shape index (κ2) is 7.85. The fraction of sp³-hybridized carbons (Fsp3) is 1.00. The van der Waals surface area contributed by atoms with Gasteiger partial charge in [0.25, 0.3) is 0 Å². The van der Waals surface area contributed by atoms with Gasteiger partial charge in [-0.25, -0.2) is 9.09 Å². The van der Waals surface area contributed by atoms with Crippen molar-refractivity contribution in [2.24, 2.45) is 0 Å². The van der Waals surface area contributed by atoms with Crippen molar-refractivity contribution < 1.29 is 69.2 Å². The third-order valence-electron chi connectivity index (χ3n) is 4.75. The van der Waals surface area contributed by atoms with E-state index < -0.39 is 81.8 Å². The van der Waals surface area contributed by atoms with Crippen molar-refractivity contribution in [1.29, 1.82) is 0 Å². The summed E-state index contributed by atoms with van der Waals surface area (Å²) in [4.78, 5) is 18.5. The molecule has 2 rings (SSSR count). The Balaban J connectivity index is 2.67. The molecule has 0 spiro atoms. The molecule has 27 heavy (non-hydrogen) atoms. The summed E-state index contributed by atoms with van der Waals surface area (Å²) in [6.07, 6.45) is -14.3. The summed E-state index contributed by atoms with van der Waals surface area (Å²) in [5.41, 5.74) is -2.84. The molecule has 2 aliphatic heterocycles. The zero-order valence-corrected chi connectivity index (χ0v) is 14.6. The van der Waals surface area contributed by atoms with E-state index in [4.69, 9.17) is 9.47 Å². The van der Waals surface area contributed by atoms with E-state index in [9.17, 15) is 55.2 Å². The highest BCUT2D eigenvalue weighted by Crippen LogP contribution is 2.54. The maximum Gasteiger partial charge on any atom is 0.472 e. The molecule has 0 radical (unpaired) electrons. The molecule has 0 bridgehead atoms. The van der Waals surface area contributed by atoms with Crippen molar-refractivity contribution in [2.75, 3.05) is 19.8 Å². The molecule has 0 amide bonds. The van der Waals surface area contributed by atoms with E-state index in [1.54, 1.807) is 0 Å². The van der Waals surface area contributed by atoms with Gasteiger partial charge in [0.2, 0.25) is 5.79 Å². The Morgan fingerprint density at radius 2 is 1.33 bits per heavy atom. The lowest BCUT2D eigenvalue weighted by Crippen LogP contribution is -2.77. The summed E-state index contributed by atoms with van der Waals surface area (Å²) in [6, 6.07) is 0. The molecule has 10 N–H and O–H groups in total. The third-order valence-corrected chi connectivity index (χ3v) is 5.26. The minimum Gasteiger partial charge on any atom is -0.394 e. The van der Waals surface area contributed by atoms with Gasteiger partial charge in [-0.05, 0) is 0 Å². The summed E-state index contributed by atoms with van der Waals surface area (Å²) in [5, 5.41) is 79.2. The fourth-order valence-corrected chi connectivity index (χ4v) is 4.04. The number of phosphoric acid groups is 1. The average molecular weight is 422 g/mol. The molecule has 9 atom stereocenters. The molecule has 160 valence electrons. The number of rotatable bonds is 6. The minimum atomic E-state index is -5.61. The van der Waals surface area contributed by atoms with Gasteiger partial charge >= 0.3 is 7.82 Å². The van der Waals surface area contributed by atoms with Crippen molar-refractivity contribution in [2.45, 2.75) is 54.1 Å². The van der Waals surface area contributed by atoms with Crippen molar-refractivity contribution in [1.82, 2.24) is 0 Å². The summed E-state index contributed by atoms with van der Waals surface area (Å²) in [5.74, 6) is -3.27. The number of aliphatic hydroxyl groups is 8. The van der Waals surface area contributed by atoms with Crippen LogP contribution >= 0.6 is 7.82 Å². The van der Waals surface area contributed by atoms with Gasteiger partial charge in [0.1, 0.15) is 42.7 Å². The number of hydrogen-bond donors (Lipinski definition) is 10. The Morgan fingerprint density at radius 1 is 0.815 bits per heavy atom. The van der Waals surface area contributed by atoms with Gasteiger partial charge in [0.15, 0.2) is 5.60 Å². The van der Waals surface area contributed by atoms with E-state index in [1.807, 2.05) is 0 Å². The highest BCUT2D eigenvalue weighted by atomic mass is 31.2. The molecule has 2 fully saturated rings. The van der Waals surface area contributed by atoms with Crippen LogP contribution in [-0.4, -0.2) is 125 Å². The lowest BCUT2D eigenvalue weighted by atomic mass is 9.78. The van der Waals surface area contributed by atoms with Crippen LogP contribution in [0.2, 0.25) is 0 Å². The number of phosphoric ester groups is 1. The van der Waals surface area contributed by atoms with Crippen LogP contribution in [0.4, 0.5) is 0 Å². The lowest BCUT2D eigenvalue weighted by molar-refractivity contribution is -0.407. The zero-order chi connectivity index (χ0) is 20.8. The number of aliphatic hydroxyl groups excluding tert-OH is 8. The van der Waals surface area contributed by atoms with Crippen LogP contribution in [0.1, 0.15) is 0 Å². The first-order valence-corrected chi connectivity index (χ1v) is 9.28. The predicted molar refractivity (Wildman–Crippen MR) is 79.6 cm³/mol. The monoisotopic (exact) mass is 422 g/mol. The van der Waals surface area contributed by atoms with Crippen LogP contribution in [0.5, 0.6) is 0 Å². The Bertz CT molecular complexity index is 568. The maximum atomic E-state index is 11.5. The molecular weight excluding hydrogens is 399 g/mol. The zero-order valence-electron chi connectivity index (χ0n) is 13.7. The predicted octanol–water partition coefficient (Wildman–Crippen LogP) is -5.89. The molecule has 0 aromatic rings. The van der Waals surface area contributed by atoms with Crippen molar-refractivity contribution >= 4 is 7.82 Å². The first-order valence-electron chi connectivity index (χ1n) is 7.75. The van der Waals surface area contributed by atoms with Crippen molar-refractivity contribution in [3.8, 4) is 0 Å². The fourth-order valence-electron chi connectivity index (χ4n) is 3.38. The van der Waals surface area contributed by atoms with Crippen LogP contribution in [0, 0.1) is 0 Å². The summed E-state index contributed by atoms with van der Waals surface area (Å²) < 4.78 is 26.3. The van der Waals surface area contributed by atoms with Crippen LogP contribution in [-0.2, 0) is 18.6 Å². The summed E-state index contributed by atoms with van der Waals surface area (Å²) in [6.45, 7) is -3.35. The normalized spacial score (nSPS) is 48.7. The Kier molecular flexibility index (Phi) is 6.69. The van der Waals surface area contributed by atoms with Gasteiger partial charge < -0.3 is 60.1 Å². The molecule has 14 nitrogen and oxygen atoms in total. The van der Waals surface area contributed by atoms with E-state index in [0.717, 1.165) is 0 Å². The van der Waals surface area contributed by atoms with E-state index >= 15 is 0 Å². The lowest BCUT2D eigenvalue weighted by Gasteiger charge is -2.54. The summed E-state index contributed by atoms with van der Waals surface area (Å²) in [7, 11) is -5.61. The third kappa shape index (κ3) is 3.56. The molecule has 2 aliphatic rings. The van der Waals surface area contributed by atoms with E-state index in [0.29, 0.717) is 0 Å². The van der Waals surface area contributed by atoms with Gasteiger partial charge in [-0.15, -0.1) is 0 Å². The largest absolute Gasteiger partial charge is 0.472 e. The van der Waals surface area contributed by atoms with Gasteiger partial charge in [-0.3, -0.25) is 0 Å². The van der Waals surface area contributed by atoms with Crippen LogP contribution in [0.3, 0.4) is 0 Å². The van der Waals surface area contributed by atoms with Gasteiger partial charge in [0, 0.05) is 0 Å². The smallest absolute Gasteiger partial charge is 0.394 e. The van der Waals surface area contributed by atoms with Crippen molar-refractivity contribution in [3.63, 3.8) is 0 Å².